The van der Waals surface area contributed by atoms with Gasteiger partial charge in [-0.1, -0.05) is 11.3 Å². The summed E-state index contributed by atoms with van der Waals surface area (Å²) in [7, 11) is 0. The molecular formula is C6H5F3N2OS2. The molecule has 0 bridgehead atoms. The highest BCUT2D eigenvalue weighted by Crippen LogP contribution is 2.31. The van der Waals surface area contributed by atoms with E-state index < -0.39 is 11.2 Å². The fourth-order valence-electron chi connectivity index (χ4n) is 0.664. The van der Waals surface area contributed by atoms with Gasteiger partial charge in [0, 0.05) is 5.75 Å². The van der Waals surface area contributed by atoms with Gasteiger partial charge in [-0.3, -0.25) is 4.79 Å². The minimum atomic E-state index is -4.49. The van der Waals surface area contributed by atoms with E-state index >= 15 is 0 Å². The van der Waals surface area contributed by atoms with Crippen molar-refractivity contribution < 1.29 is 18.0 Å². The van der Waals surface area contributed by atoms with Crippen LogP contribution in [0.1, 0.15) is 10.0 Å². The molecule has 1 heterocycles. The number of Topliss-reactive ketones (excluding diaryl/α,β-unsaturated/α-hetero) is 1. The lowest BCUT2D eigenvalue weighted by atomic mass is 10.3. The largest absolute Gasteiger partial charge is 0.445 e. The average Bonchev–Trinajstić information content (AvgIpc) is 2.51. The van der Waals surface area contributed by atoms with Crippen LogP contribution in [0.25, 0.3) is 0 Å². The average molecular weight is 242 g/mol. The van der Waals surface area contributed by atoms with Gasteiger partial charge >= 0.3 is 6.18 Å². The van der Waals surface area contributed by atoms with Crippen molar-refractivity contribution in [3.63, 3.8) is 0 Å². The van der Waals surface area contributed by atoms with Crippen molar-refractivity contribution in [1.29, 1.82) is 0 Å². The molecule has 14 heavy (non-hydrogen) atoms. The van der Waals surface area contributed by atoms with Crippen molar-refractivity contribution in [2.75, 3.05) is 5.75 Å². The fourth-order valence-corrected chi connectivity index (χ4v) is 1.51. The highest BCUT2D eigenvalue weighted by Gasteiger charge is 2.35. The molecular weight excluding hydrogens is 237 g/mol. The minimum Gasteiger partial charge on any atom is -0.298 e. The molecule has 0 fully saturated rings. The second-order valence-electron chi connectivity index (χ2n) is 2.37. The molecule has 0 aliphatic heterocycles. The SMILES string of the molecule is O=C(CS)Cc1nnc(C(F)(F)F)s1. The minimum absolute atomic E-state index is 0.0130. The number of halogens is 3. The number of ketones is 1. The Labute approximate surface area is 86.8 Å². The van der Waals surface area contributed by atoms with Gasteiger partial charge in [-0.05, 0) is 0 Å². The molecule has 0 aliphatic carbocycles. The summed E-state index contributed by atoms with van der Waals surface area (Å²) >= 11 is 4.08. The number of hydrogen-bond acceptors (Lipinski definition) is 5. The van der Waals surface area contributed by atoms with Crippen LogP contribution in [0.15, 0.2) is 0 Å². The van der Waals surface area contributed by atoms with Gasteiger partial charge in [-0.25, -0.2) is 0 Å². The second kappa shape index (κ2) is 4.26. The molecule has 0 amide bonds. The molecule has 78 valence electrons. The Hall–Kier alpha value is -0.630. The van der Waals surface area contributed by atoms with Crippen LogP contribution < -0.4 is 0 Å². The Morgan fingerprint density at radius 2 is 2.07 bits per heavy atom. The molecule has 0 aromatic carbocycles. The Balaban J connectivity index is 2.74. The lowest BCUT2D eigenvalue weighted by Gasteiger charge is -1.97. The normalized spacial score (nSPS) is 11.7. The van der Waals surface area contributed by atoms with Crippen LogP contribution in [-0.2, 0) is 17.4 Å². The molecule has 8 heteroatoms. The maximum atomic E-state index is 12.0. The van der Waals surface area contributed by atoms with Gasteiger partial charge in [-0.2, -0.15) is 25.8 Å². The van der Waals surface area contributed by atoms with Crippen LogP contribution in [0.4, 0.5) is 13.2 Å². The van der Waals surface area contributed by atoms with E-state index in [2.05, 4.69) is 22.8 Å². The van der Waals surface area contributed by atoms with Crippen molar-refractivity contribution in [2.24, 2.45) is 0 Å². The number of hydrogen-bond donors (Lipinski definition) is 1. The van der Waals surface area contributed by atoms with E-state index in [1.54, 1.807) is 0 Å². The Morgan fingerprint density at radius 1 is 1.43 bits per heavy atom. The van der Waals surface area contributed by atoms with Crippen molar-refractivity contribution >= 4 is 29.7 Å². The van der Waals surface area contributed by atoms with E-state index in [0.29, 0.717) is 11.3 Å². The number of nitrogens with zero attached hydrogens (tertiary/aromatic N) is 2. The van der Waals surface area contributed by atoms with Crippen LogP contribution in [0.2, 0.25) is 0 Å². The first-order valence-corrected chi connectivity index (χ1v) is 4.90. The van der Waals surface area contributed by atoms with Gasteiger partial charge in [0.1, 0.15) is 10.8 Å². The number of alkyl halides is 3. The van der Waals surface area contributed by atoms with Crippen LogP contribution in [-0.4, -0.2) is 21.7 Å². The second-order valence-corrected chi connectivity index (χ2v) is 3.75. The van der Waals surface area contributed by atoms with Crippen molar-refractivity contribution in [1.82, 2.24) is 10.2 Å². The Morgan fingerprint density at radius 3 is 2.50 bits per heavy atom. The van der Waals surface area contributed by atoms with Crippen LogP contribution >= 0.6 is 24.0 Å². The summed E-state index contributed by atoms with van der Waals surface area (Å²) in [5, 5.41) is 5.24. The molecule has 0 saturated heterocycles. The predicted octanol–water partition coefficient (Wildman–Crippen LogP) is 1.60. The van der Waals surface area contributed by atoms with Crippen molar-refractivity contribution in [3.05, 3.63) is 10.0 Å². The van der Waals surface area contributed by atoms with E-state index in [4.69, 9.17) is 0 Å². The molecule has 0 N–H and O–H groups in total. The summed E-state index contributed by atoms with van der Waals surface area (Å²) in [4.78, 5) is 10.8. The Kier molecular flexibility index (Phi) is 3.48. The van der Waals surface area contributed by atoms with Crippen LogP contribution in [0.3, 0.4) is 0 Å². The van der Waals surface area contributed by atoms with Gasteiger partial charge in [0.15, 0.2) is 0 Å². The molecule has 0 radical (unpaired) electrons. The monoisotopic (exact) mass is 242 g/mol. The molecule has 1 aromatic rings. The van der Waals surface area contributed by atoms with Gasteiger partial charge in [0.2, 0.25) is 5.01 Å². The highest BCUT2D eigenvalue weighted by molar-refractivity contribution is 7.81. The summed E-state index contributed by atoms with van der Waals surface area (Å²) in [6, 6.07) is 0. The quantitative estimate of drug-likeness (QED) is 0.819. The maximum absolute atomic E-state index is 12.0. The van der Waals surface area contributed by atoms with Gasteiger partial charge < -0.3 is 0 Å². The third-order valence-corrected chi connectivity index (χ3v) is 2.55. The first-order chi connectivity index (χ1) is 6.43. The van der Waals surface area contributed by atoms with E-state index in [1.165, 1.54) is 0 Å². The molecule has 1 aromatic heterocycles. The summed E-state index contributed by atoms with van der Waals surface area (Å²) < 4.78 is 36.1. The molecule has 0 atom stereocenters. The lowest BCUT2D eigenvalue weighted by molar-refractivity contribution is -0.138. The zero-order valence-electron chi connectivity index (χ0n) is 6.71. The maximum Gasteiger partial charge on any atom is 0.445 e. The number of carbonyl (C=O) groups is 1. The van der Waals surface area contributed by atoms with Gasteiger partial charge in [-0.15, -0.1) is 10.2 Å². The summed E-state index contributed by atoms with van der Waals surface area (Å²) in [5.41, 5.74) is 0. The number of aromatic nitrogens is 2. The molecule has 1 rings (SSSR count). The first-order valence-electron chi connectivity index (χ1n) is 3.45. The number of thiol groups is 1. The van der Waals surface area contributed by atoms with E-state index in [9.17, 15) is 18.0 Å². The number of carbonyl (C=O) groups excluding carboxylic acids is 1. The van der Waals surface area contributed by atoms with Gasteiger partial charge in [0.25, 0.3) is 0 Å². The van der Waals surface area contributed by atoms with Crippen molar-refractivity contribution in [3.8, 4) is 0 Å². The van der Waals surface area contributed by atoms with Gasteiger partial charge in [0.05, 0.1) is 6.42 Å². The molecule has 0 spiro atoms. The summed E-state index contributed by atoms with van der Waals surface area (Å²) in [5.74, 6) is -0.292. The summed E-state index contributed by atoms with van der Waals surface area (Å²) in [6.45, 7) is 0. The van der Waals surface area contributed by atoms with E-state index in [-0.39, 0.29) is 23.0 Å². The third kappa shape index (κ3) is 2.95. The van der Waals surface area contributed by atoms with E-state index in [1.807, 2.05) is 0 Å². The lowest BCUT2D eigenvalue weighted by Crippen LogP contribution is -2.03. The standard InChI is InChI=1S/C6H5F3N2OS2/c7-6(8,9)5-11-10-4(14-5)1-3(12)2-13/h13H,1-2H2. The topological polar surface area (TPSA) is 42.9 Å². The smallest absolute Gasteiger partial charge is 0.298 e. The van der Waals surface area contributed by atoms with Crippen molar-refractivity contribution in [2.45, 2.75) is 12.6 Å². The fraction of sp³-hybridized carbons (Fsp3) is 0.500. The van der Waals surface area contributed by atoms with Crippen LogP contribution in [0, 0.1) is 0 Å². The number of rotatable bonds is 3. The summed E-state index contributed by atoms with van der Waals surface area (Å²) in [6.07, 6.45) is -4.63. The highest BCUT2D eigenvalue weighted by atomic mass is 32.1. The zero-order chi connectivity index (χ0) is 10.8. The molecule has 0 unspecified atom stereocenters. The zero-order valence-corrected chi connectivity index (χ0v) is 8.42. The van der Waals surface area contributed by atoms with Crippen LogP contribution in [0.5, 0.6) is 0 Å². The first kappa shape index (κ1) is 11.4. The molecule has 3 nitrogen and oxygen atoms in total. The third-order valence-electron chi connectivity index (χ3n) is 1.23. The predicted molar refractivity (Wildman–Crippen MR) is 47.5 cm³/mol. The molecule has 0 aliphatic rings. The Bertz CT molecular complexity index is 336. The van der Waals surface area contributed by atoms with E-state index in [0.717, 1.165) is 0 Å². The molecule has 0 saturated carbocycles.